The molecule has 0 aromatic heterocycles. The van der Waals surface area contributed by atoms with Gasteiger partial charge in [0.2, 0.25) is 0 Å². The zero-order valence-corrected chi connectivity index (χ0v) is 18.2. The summed E-state index contributed by atoms with van der Waals surface area (Å²) in [6.07, 6.45) is 8.16. The number of ether oxygens (including phenoxy) is 1. The molecule has 4 aliphatic carbocycles. The molecule has 1 aromatic rings. The molecule has 5 fully saturated rings. The van der Waals surface area contributed by atoms with Crippen LogP contribution in [0.5, 0.6) is 0 Å². The Labute approximate surface area is 180 Å². The number of piperazine rings is 1. The summed E-state index contributed by atoms with van der Waals surface area (Å²) in [5.41, 5.74) is 1.63. The molecule has 0 amide bonds. The first-order valence-electron chi connectivity index (χ1n) is 11.6. The van der Waals surface area contributed by atoms with Gasteiger partial charge in [0.25, 0.3) is 0 Å². The summed E-state index contributed by atoms with van der Waals surface area (Å²) in [7, 11) is 0. The number of anilines is 1. The number of aliphatic hydroxyl groups excluding tert-OH is 1. The Bertz CT molecular complexity index is 669. The number of rotatable bonds is 7. The zero-order valence-electron chi connectivity index (χ0n) is 17.4. The first-order valence-corrected chi connectivity index (χ1v) is 11.9. The van der Waals surface area contributed by atoms with Crippen LogP contribution in [0.25, 0.3) is 0 Å². The highest BCUT2D eigenvalue weighted by Crippen LogP contribution is 2.60. The third-order valence-corrected chi connectivity index (χ3v) is 8.13. The number of benzene rings is 1. The molecule has 1 atom stereocenters. The van der Waals surface area contributed by atoms with Gasteiger partial charge >= 0.3 is 0 Å². The van der Waals surface area contributed by atoms with Crippen LogP contribution in [0.1, 0.15) is 38.5 Å². The molecule has 6 rings (SSSR count). The van der Waals surface area contributed by atoms with E-state index in [1.807, 2.05) is 18.2 Å². The first kappa shape index (κ1) is 20.1. The van der Waals surface area contributed by atoms with Crippen LogP contribution in [0.3, 0.4) is 0 Å². The highest BCUT2D eigenvalue weighted by atomic mass is 35.5. The SMILES string of the molecule is O[C@@H](COCC12CC3CC(CC(C3)C1)C2)CN1CCN(c2cccc(Cl)c2)CC1. The predicted molar refractivity (Wildman–Crippen MR) is 118 cm³/mol. The molecule has 0 radical (unpaired) electrons. The van der Waals surface area contributed by atoms with E-state index in [-0.39, 0.29) is 6.10 Å². The van der Waals surface area contributed by atoms with Crippen LogP contribution in [0.2, 0.25) is 5.02 Å². The van der Waals surface area contributed by atoms with Crippen molar-refractivity contribution in [2.75, 3.05) is 50.8 Å². The molecule has 4 nitrogen and oxygen atoms in total. The number of nitrogens with zero attached hydrogens (tertiary/aromatic N) is 2. The van der Waals surface area contributed by atoms with Gasteiger partial charge in [-0.2, -0.15) is 0 Å². The molecule has 1 aromatic carbocycles. The number of hydrogen-bond acceptors (Lipinski definition) is 4. The number of β-amino-alcohol motifs (C(OH)–C–C–N with tert-alkyl or cyclic N) is 1. The molecular weight excluding hydrogens is 384 g/mol. The summed E-state index contributed by atoms with van der Waals surface area (Å²) >= 11 is 6.12. The normalized spacial score (nSPS) is 35.2. The van der Waals surface area contributed by atoms with Gasteiger partial charge in [-0.15, -0.1) is 0 Å². The average Bonchev–Trinajstić information content (AvgIpc) is 2.67. The van der Waals surface area contributed by atoms with Crippen molar-refractivity contribution in [1.82, 2.24) is 4.90 Å². The first-order chi connectivity index (χ1) is 14.1. The molecule has 1 N–H and O–H groups in total. The average molecular weight is 419 g/mol. The van der Waals surface area contributed by atoms with Crippen molar-refractivity contribution >= 4 is 17.3 Å². The molecule has 1 heterocycles. The zero-order chi connectivity index (χ0) is 19.8. The van der Waals surface area contributed by atoms with Gasteiger partial charge in [0.1, 0.15) is 0 Å². The second kappa shape index (κ2) is 8.37. The van der Waals surface area contributed by atoms with Crippen molar-refractivity contribution in [3.63, 3.8) is 0 Å². The third kappa shape index (κ3) is 4.61. The lowest BCUT2D eigenvalue weighted by atomic mass is 9.50. The van der Waals surface area contributed by atoms with Crippen molar-refractivity contribution in [3.05, 3.63) is 29.3 Å². The van der Waals surface area contributed by atoms with E-state index >= 15 is 0 Å². The van der Waals surface area contributed by atoms with Gasteiger partial charge in [0.05, 0.1) is 19.3 Å². The van der Waals surface area contributed by atoms with Crippen LogP contribution in [0.15, 0.2) is 24.3 Å². The highest BCUT2D eigenvalue weighted by molar-refractivity contribution is 6.30. The summed E-state index contributed by atoms with van der Waals surface area (Å²) in [6.45, 7) is 5.95. The molecule has 5 aliphatic rings. The van der Waals surface area contributed by atoms with E-state index in [0.717, 1.165) is 55.6 Å². The maximum Gasteiger partial charge on any atom is 0.0900 e. The fraction of sp³-hybridized carbons (Fsp3) is 0.750. The lowest BCUT2D eigenvalue weighted by Gasteiger charge is -2.56. The minimum Gasteiger partial charge on any atom is -0.389 e. The van der Waals surface area contributed by atoms with Crippen LogP contribution in [-0.2, 0) is 4.74 Å². The molecule has 5 heteroatoms. The number of hydrogen-bond donors (Lipinski definition) is 1. The van der Waals surface area contributed by atoms with Gasteiger partial charge in [-0.1, -0.05) is 17.7 Å². The van der Waals surface area contributed by atoms with Crippen molar-refractivity contribution < 1.29 is 9.84 Å². The van der Waals surface area contributed by atoms with Gasteiger partial charge < -0.3 is 14.7 Å². The van der Waals surface area contributed by atoms with Gasteiger partial charge in [0.15, 0.2) is 0 Å². The molecule has 1 aliphatic heterocycles. The third-order valence-electron chi connectivity index (χ3n) is 7.90. The van der Waals surface area contributed by atoms with Crippen molar-refractivity contribution in [2.45, 2.75) is 44.6 Å². The summed E-state index contributed by atoms with van der Waals surface area (Å²) < 4.78 is 6.12. The predicted octanol–water partition coefficient (Wildman–Crippen LogP) is 4.06. The van der Waals surface area contributed by atoms with Gasteiger partial charge in [-0.25, -0.2) is 0 Å². The van der Waals surface area contributed by atoms with Crippen LogP contribution in [0.4, 0.5) is 5.69 Å². The number of aliphatic hydroxyl groups is 1. The molecule has 29 heavy (non-hydrogen) atoms. The summed E-state index contributed by atoms with van der Waals surface area (Å²) in [4.78, 5) is 4.73. The van der Waals surface area contributed by atoms with Crippen LogP contribution < -0.4 is 4.90 Å². The molecule has 160 valence electrons. The molecule has 4 bridgehead atoms. The van der Waals surface area contributed by atoms with E-state index in [9.17, 15) is 5.11 Å². The minimum atomic E-state index is -0.387. The van der Waals surface area contributed by atoms with E-state index in [1.165, 1.54) is 44.2 Å². The monoisotopic (exact) mass is 418 g/mol. The maximum absolute atomic E-state index is 10.5. The molecular formula is C24H35ClN2O2. The summed E-state index contributed by atoms with van der Waals surface area (Å²) in [5, 5.41) is 11.3. The fourth-order valence-corrected chi connectivity index (χ4v) is 7.27. The Morgan fingerprint density at radius 3 is 2.31 bits per heavy atom. The Balaban J connectivity index is 1.04. The lowest BCUT2D eigenvalue weighted by Crippen LogP contribution is -2.50. The maximum atomic E-state index is 10.5. The lowest BCUT2D eigenvalue weighted by molar-refractivity contribution is -0.107. The smallest absolute Gasteiger partial charge is 0.0900 e. The largest absolute Gasteiger partial charge is 0.389 e. The number of halogens is 1. The Kier molecular flexibility index (Phi) is 5.81. The topological polar surface area (TPSA) is 35.9 Å². The van der Waals surface area contributed by atoms with Crippen molar-refractivity contribution in [3.8, 4) is 0 Å². The fourth-order valence-electron chi connectivity index (χ4n) is 7.09. The van der Waals surface area contributed by atoms with E-state index in [2.05, 4.69) is 15.9 Å². The second-order valence-electron chi connectivity index (χ2n) is 10.4. The van der Waals surface area contributed by atoms with Crippen LogP contribution in [0, 0.1) is 23.2 Å². The standard InChI is InChI=1S/C24H35ClN2O2/c25-21-2-1-3-22(11-21)27-6-4-26(5-7-27)15-23(28)16-29-17-24-12-18-8-19(13-24)10-20(9-18)14-24/h1-3,11,18-20,23,28H,4-10,12-17H2/t18?,19?,20?,23-,24?/m1/s1. The highest BCUT2D eigenvalue weighted by Gasteiger charge is 2.50. The molecule has 0 unspecified atom stereocenters. The van der Waals surface area contributed by atoms with E-state index in [1.54, 1.807) is 0 Å². The van der Waals surface area contributed by atoms with Crippen LogP contribution >= 0.6 is 11.6 Å². The van der Waals surface area contributed by atoms with E-state index in [4.69, 9.17) is 16.3 Å². The van der Waals surface area contributed by atoms with Gasteiger partial charge in [0, 0.05) is 43.4 Å². The Morgan fingerprint density at radius 2 is 1.69 bits per heavy atom. The second-order valence-corrected chi connectivity index (χ2v) is 10.8. The summed E-state index contributed by atoms with van der Waals surface area (Å²) in [6, 6.07) is 8.08. The summed E-state index contributed by atoms with van der Waals surface area (Å²) in [5.74, 6) is 2.89. The van der Waals surface area contributed by atoms with E-state index in [0.29, 0.717) is 18.6 Å². The van der Waals surface area contributed by atoms with Crippen molar-refractivity contribution in [2.24, 2.45) is 23.2 Å². The van der Waals surface area contributed by atoms with Gasteiger partial charge in [-0.3, -0.25) is 4.90 Å². The van der Waals surface area contributed by atoms with E-state index < -0.39 is 0 Å². The van der Waals surface area contributed by atoms with Gasteiger partial charge in [-0.05, 0) is 79.9 Å². The van der Waals surface area contributed by atoms with Crippen molar-refractivity contribution in [1.29, 1.82) is 0 Å². The molecule has 0 spiro atoms. The Morgan fingerprint density at radius 1 is 1.03 bits per heavy atom. The van der Waals surface area contributed by atoms with Crippen LogP contribution in [-0.4, -0.2) is 62.0 Å². The quantitative estimate of drug-likeness (QED) is 0.724. The minimum absolute atomic E-state index is 0.387. The molecule has 4 saturated carbocycles. The molecule has 1 saturated heterocycles. The Hall–Kier alpha value is -0.810.